The fraction of sp³-hybridized carbons (Fsp3) is 0.455. The summed E-state index contributed by atoms with van der Waals surface area (Å²) in [7, 11) is -3.42. The zero-order valence-corrected chi connectivity index (χ0v) is 12.4. The molecule has 1 aromatic rings. The number of rotatable bonds is 2. The van der Waals surface area contributed by atoms with Gasteiger partial charge in [-0.2, -0.15) is 4.31 Å². The number of hydrogen-bond donors (Lipinski definition) is 1. The van der Waals surface area contributed by atoms with Crippen molar-refractivity contribution in [3.8, 4) is 0 Å². The fourth-order valence-corrected chi connectivity index (χ4v) is 3.87. The van der Waals surface area contributed by atoms with Crippen molar-refractivity contribution in [2.45, 2.75) is 17.9 Å². The summed E-state index contributed by atoms with van der Waals surface area (Å²) in [5, 5.41) is 3.61. The predicted molar refractivity (Wildman–Crippen MR) is 74.9 cm³/mol. The first-order chi connectivity index (χ1) is 8.01. The van der Waals surface area contributed by atoms with E-state index in [4.69, 9.17) is 11.6 Å². The van der Waals surface area contributed by atoms with Crippen molar-refractivity contribution >= 4 is 34.0 Å². The summed E-state index contributed by atoms with van der Waals surface area (Å²) in [6.07, 6.45) is 0. The molecule has 2 rings (SSSR count). The minimum atomic E-state index is -3.42. The molecule has 0 aliphatic carbocycles. The molecule has 4 nitrogen and oxygen atoms in total. The summed E-state index contributed by atoms with van der Waals surface area (Å²) in [4.78, 5) is 0.263. The van der Waals surface area contributed by atoms with Crippen LogP contribution in [0.3, 0.4) is 0 Å². The Morgan fingerprint density at radius 1 is 1.44 bits per heavy atom. The molecule has 0 bridgehead atoms. The molecule has 0 radical (unpaired) electrons. The summed E-state index contributed by atoms with van der Waals surface area (Å²) in [5.41, 5.74) is 0. The Morgan fingerprint density at radius 3 is 2.78 bits per heavy atom. The Kier molecular flexibility index (Phi) is 5.43. The van der Waals surface area contributed by atoms with Gasteiger partial charge in [0.05, 0.1) is 4.90 Å². The summed E-state index contributed by atoms with van der Waals surface area (Å²) >= 11 is 5.83. The highest BCUT2D eigenvalue weighted by molar-refractivity contribution is 7.89. The second-order valence-corrected chi connectivity index (χ2v) is 6.45. The van der Waals surface area contributed by atoms with Crippen LogP contribution >= 0.6 is 24.0 Å². The van der Waals surface area contributed by atoms with Crippen LogP contribution in [0.4, 0.5) is 0 Å². The molecule has 0 spiro atoms. The van der Waals surface area contributed by atoms with Gasteiger partial charge in [-0.25, -0.2) is 8.42 Å². The van der Waals surface area contributed by atoms with Crippen LogP contribution in [0.25, 0.3) is 0 Å². The van der Waals surface area contributed by atoms with E-state index in [1.54, 1.807) is 18.2 Å². The van der Waals surface area contributed by atoms with E-state index in [-0.39, 0.29) is 23.3 Å². The van der Waals surface area contributed by atoms with Gasteiger partial charge in [0, 0.05) is 30.7 Å². The Labute approximate surface area is 119 Å². The Hall–Kier alpha value is -0.330. The van der Waals surface area contributed by atoms with Crippen molar-refractivity contribution in [2.75, 3.05) is 19.6 Å². The van der Waals surface area contributed by atoms with E-state index >= 15 is 0 Å². The first-order valence-corrected chi connectivity index (χ1v) is 7.32. The molecule has 1 fully saturated rings. The molecular formula is C11H16Cl2N2O2S. The summed E-state index contributed by atoms with van der Waals surface area (Å²) in [6, 6.07) is 6.36. The van der Waals surface area contributed by atoms with Crippen molar-refractivity contribution in [1.82, 2.24) is 9.62 Å². The van der Waals surface area contributed by atoms with E-state index < -0.39 is 10.0 Å². The smallest absolute Gasteiger partial charge is 0.243 e. The summed E-state index contributed by atoms with van der Waals surface area (Å²) < 4.78 is 26.3. The third-order valence-electron chi connectivity index (χ3n) is 2.84. The lowest BCUT2D eigenvalue weighted by molar-refractivity contribution is 0.284. The molecule has 1 N–H and O–H groups in total. The number of benzene rings is 1. The second kappa shape index (κ2) is 6.21. The number of nitrogens with one attached hydrogen (secondary N) is 1. The molecule has 1 atom stereocenters. The zero-order chi connectivity index (χ0) is 12.5. The van der Waals surface area contributed by atoms with Crippen LogP contribution in [-0.2, 0) is 10.0 Å². The van der Waals surface area contributed by atoms with Gasteiger partial charge in [0.1, 0.15) is 0 Å². The minimum Gasteiger partial charge on any atom is -0.314 e. The molecule has 1 aliphatic rings. The Balaban J connectivity index is 0.00000162. The van der Waals surface area contributed by atoms with E-state index in [0.717, 1.165) is 0 Å². The first kappa shape index (κ1) is 15.7. The van der Waals surface area contributed by atoms with Gasteiger partial charge in [-0.05, 0) is 25.1 Å². The van der Waals surface area contributed by atoms with E-state index in [1.165, 1.54) is 10.4 Å². The average molecular weight is 311 g/mol. The molecule has 18 heavy (non-hydrogen) atoms. The average Bonchev–Trinajstić information content (AvgIpc) is 2.29. The maximum Gasteiger partial charge on any atom is 0.243 e. The Morgan fingerprint density at radius 2 is 2.17 bits per heavy atom. The number of halogens is 2. The maximum absolute atomic E-state index is 12.4. The van der Waals surface area contributed by atoms with Crippen LogP contribution in [-0.4, -0.2) is 38.4 Å². The number of sulfonamides is 1. The molecule has 0 aromatic heterocycles. The molecule has 1 saturated heterocycles. The molecule has 7 heteroatoms. The number of nitrogens with zero attached hydrogens (tertiary/aromatic N) is 1. The molecular weight excluding hydrogens is 295 g/mol. The molecule has 0 unspecified atom stereocenters. The lowest BCUT2D eigenvalue weighted by atomic mass is 10.3. The summed E-state index contributed by atoms with van der Waals surface area (Å²) in [5.74, 6) is 0. The molecule has 1 aliphatic heterocycles. The van der Waals surface area contributed by atoms with Gasteiger partial charge in [-0.3, -0.25) is 0 Å². The molecule has 0 saturated carbocycles. The largest absolute Gasteiger partial charge is 0.314 e. The van der Waals surface area contributed by atoms with Crippen LogP contribution in [0, 0.1) is 0 Å². The normalized spacial score (nSPS) is 21.3. The van der Waals surface area contributed by atoms with Gasteiger partial charge in [0.15, 0.2) is 0 Å². The van der Waals surface area contributed by atoms with Gasteiger partial charge >= 0.3 is 0 Å². The minimum absolute atomic E-state index is 0. The van der Waals surface area contributed by atoms with Crippen molar-refractivity contribution < 1.29 is 8.42 Å². The van der Waals surface area contributed by atoms with Crippen molar-refractivity contribution in [1.29, 1.82) is 0 Å². The first-order valence-electron chi connectivity index (χ1n) is 5.50. The van der Waals surface area contributed by atoms with Gasteiger partial charge in [0.25, 0.3) is 0 Å². The van der Waals surface area contributed by atoms with E-state index in [2.05, 4.69) is 5.32 Å². The van der Waals surface area contributed by atoms with Crippen LogP contribution in [0.15, 0.2) is 29.2 Å². The van der Waals surface area contributed by atoms with Crippen molar-refractivity contribution in [3.05, 3.63) is 29.3 Å². The van der Waals surface area contributed by atoms with E-state index in [0.29, 0.717) is 24.7 Å². The van der Waals surface area contributed by atoms with E-state index in [1.807, 2.05) is 6.92 Å². The summed E-state index contributed by atoms with van der Waals surface area (Å²) in [6.45, 7) is 3.76. The molecule has 1 heterocycles. The van der Waals surface area contributed by atoms with Gasteiger partial charge in [0.2, 0.25) is 10.0 Å². The predicted octanol–water partition coefficient (Wildman–Crippen LogP) is 1.74. The molecule has 1 aromatic carbocycles. The van der Waals surface area contributed by atoms with Crippen molar-refractivity contribution in [3.63, 3.8) is 0 Å². The molecule has 0 amide bonds. The fourth-order valence-electron chi connectivity index (χ4n) is 1.94. The number of piperazine rings is 1. The molecule has 102 valence electrons. The second-order valence-electron chi connectivity index (χ2n) is 4.13. The van der Waals surface area contributed by atoms with Crippen LogP contribution < -0.4 is 5.32 Å². The highest BCUT2D eigenvalue weighted by Crippen LogP contribution is 2.21. The standard InChI is InChI=1S/C11H15ClN2O2S.ClH/c1-9-8-13-5-6-14(9)17(15,16)11-4-2-3-10(12)7-11;/h2-4,7,9,13H,5-6,8H2,1H3;1H/t9-;/m0./s1. The van der Waals surface area contributed by atoms with Gasteiger partial charge in [-0.15, -0.1) is 12.4 Å². The Bertz CT molecular complexity index is 508. The third-order valence-corrected chi connectivity index (χ3v) is 5.09. The number of hydrogen-bond acceptors (Lipinski definition) is 3. The van der Waals surface area contributed by atoms with Crippen LogP contribution in [0.1, 0.15) is 6.92 Å². The van der Waals surface area contributed by atoms with Crippen molar-refractivity contribution in [2.24, 2.45) is 0 Å². The monoisotopic (exact) mass is 310 g/mol. The quantitative estimate of drug-likeness (QED) is 0.905. The van der Waals surface area contributed by atoms with Crippen LogP contribution in [0.5, 0.6) is 0 Å². The van der Waals surface area contributed by atoms with E-state index in [9.17, 15) is 8.42 Å². The highest BCUT2D eigenvalue weighted by atomic mass is 35.5. The third kappa shape index (κ3) is 3.16. The lowest BCUT2D eigenvalue weighted by Crippen LogP contribution is -2.52. The SMILES string of the molecule is C[C@H]1CNCCN1S(=O)(=O)c1cccc(Cl)c1.Cl. The van der Waals surface area contributed by atoms with Crippen LogP contribution in [0.2, 0.25) is 5.02 Å². The highest BCUT2D eigenvalue weighted by Gasteiger charge is 2.30. The zero-order valence-electron chi connectivity index (χ0n) is 9.97. The van der Waals surface area contributed by atoms with Gasteiger partial charge < -0.3 is 5.32 Å². The topological polar surface area (TPSA) is 49.4 Å². The maximum atomic E-state index is 12.4. The van der Waals surface area contributed by atoms with Gasteiger partial charge in [-0.1, -0.05) is 17.7 Å². The lowest BCUT2D eigenvalue weighted by Gasteiger charge is -2.32.